The van der Waals surface area contributed by atoms with E-state index in [1.54, 1.807) is 0 Å². The lowest BCUT2D eigenvalue weighted by Gasteiger charge is -2.22. The summed E-state index contributed by atoms with van der Waals surface area (Å²) >= 11 is 0. The smallest absolute Gasteiger partial charge is 0.229 e. The summed E-state index contributed by atoms with van der Waals surface area (Å²) in [4.78, 5) is 18.5. The summed E-state index contributed by atoms with van der Waals surface area (Å²) < 4.78 is 0. The van der Waals surface area contributed by atoms with Gasteiger partial charge < -0.3 is 14.8 Å². The molecule has 0 unspecified atom stereocenters. The Morgan fingerprint density at radius 2 is 1.43 bits per heavy atom. The highest BCUT2D eigenvalue weighted by Gasteiger charge is 2.26. The lowest BCUT2D eigenvalue weighted by molar-refractivity contribution is 0.679. The fourth-order valence-electron chi connectivity index (χ4n) is 4.48. The third kappa shape index (κ3) is 2.20. The van der Waals surface area contributed by atoms with E-state index >= 15 is 0 Å². The Labute approximate surface area is 137 Å². The number of aryl methyl sites for hydroxylation is 2. The van der Waals surface area contributed by atoms with Crippen LogP contribution in [0.15, 0.2) is 0 Å². The Kier molecular flexibility index (Phi) is 3.20. The van der Waals surface area contributed by atoms with Crippen molar-refractivity contribution in [3.8, 4) is 0 Å². The molecule has 1 aliphatic carbocycles. The van der Waals surface area contributed by atoms with Gasteiger partial charge in [-0.3, -0.25) is 0 Å². The van der Waals surface area contributed by atoms with Crippen molar-refractivity contribution in [3.63, 3.8) is 0 Å². The Morgan fingerprint density at radius 3 is 2.22 bits per heavy atom. The summed E-state index contributed by atoms with van der Waals surface area (Å²) in [6, 6.07) is 0. The van der Waals surface area contributed by atoms with E-state index in [4.69, 9.17) is 9.97 Å². The molecule has 0 radical (unpaired) electrons. The maximum absolute atomic E-state index is 5.07. The van der Waals surface area contributed by atoms with Crippen LogP contribution in [0.1, 0.15) is 49.8 Å². The predicted molar refractivity (Wildman–Crippen MR) is 93.4 cm³/mol. The second-order valence-electron chi connectivity index (χ2n) is 7.25. The van der Waals surface area contributed by atoms with Gasteiger partial charge in [0, 0.05) is 31.9 Å². The van der Waals surface area contributed by atoms with Gasteiger partial charge in [0.05, 0.1) is 5.39 Å². The van der Waals surface area contributed by atoms with Crippen molar-refractivity contribution < 1.29 is 0 Å². The van der Waals surface area contributed by atoms with Crippen molar-refractivity contribution in [1.82, 2.24) is 15.0 Å². The first-order valence-electron chi connectivity index (χ1n) is 9.31. The largest absolute Gasteiger partial charge is 0.356 e. The fraction of sp³-hybridized carbons (Fsp3) is 0.667. The number of hydrogen-bond acceptors (Lipinski definition) is 4. The Balaban J connectivity index is 1.70. The summed E-state index contributed by atoms with van der Waals surface area (Å²) in [7, 11) is 0. The van der Waals surface area contributed by atoms with Crippen LogP contribution >= 0.6 is 0 Å². The number of fused-ring (bicyclic) bond motifs is 3. The molecule has 23 heavy (non-hydrogen) atoms. The van der Waals surface area contributed by atoms with E-state index in [2.05, 4.69) is 14.8 Å². The van der Waals surface area contributed by atoms with Gasteiger partial charge in [-0.25, -0.2) is 0 Å². The Morgan fingerprint density at radius 1 is 0.739 bits per heavy atom. The SMILES string of the molecule is C1CCc2c([nH]c3nc(N4CCCC4)nc(N4CCCC4)c23)C1. The van der Waals surface area contributed by atoms with Gasteiger partial charge >= 0.3 is 0 Å². The van der Waals surface area contributed by atoms with E-state index in [0.29, 0.717) is 0 Å². The summed E-state index contributed by atoms with van der Waals surface area (Å²) in [5.74, 6) is 2.14. The topological polar surface area (TPSA) is 48.1 Å². The van der Waals surface area contributed by atoms with Crippen LogP contribution in [0.5, 0.6) is 0 Å². The number of rotatable bonds is 2. The lowest BCUT2D eigenvalue weighted by Crippen LogP contribution is -2.24. The molecule has 0 bridgehead atoms. The number of nitrogens with zero attached hydrogens (tertiary/aromatic N) is 4. The average Bonchev–Trinajstić information content (AvgIpc) is 3.32. The van der Waals surface area contributed by atoms with E-state index in [9.17, 15) is 0 Å². The first kappa shape index (κ1) is 13.6. The molecule has 2 fully saturated rings. The zero-order chi connectivity index (χ0) is 15.2. The van der Waals surface area contributed by atoms with Crippen molar-refractivity contribution >= 4 is 22.8 Å². The van der Waals surface area contributed by atoms with E-state index in [1.165, 1.54) is 73.8 Å². The van der Waals surface area contributed by atoms with Gasteiger partial charge in [0.2, 0.25) is 5.95 Å². The molecule has 2 aromatic rings. The first-order chi connectivity index (χ1) is 11.4. The highest BCUT2D eigenvalue weighted by Crippen LogP contribution is 2.36. The number of H-pyrrole nitrogens is 1. The summed E-state index contributed by atoms with van der Waals surface area (Å²) in [5.41, 5.74) is 4.00. The number of hydrogen-bond donors (Lipinski definition) is 1. The molecule has 2 aromatic heterocycles. The van der Waals surface area contributed by atoms with Gasteiger partial charge in [-0.05, 0) is 56.9 Å². The molecule has 0 aromatic carbocycles. The van der Waals surface area contributed by atoms with Crippen LogP contribution in [0.25, 0.3) is 11.0 Å². The molecule has 0 atom stereocenters. The number of nitrogens with one attached hydrogen (secondary N) is 1. The van der Waals surface area contributed by atoms with Gasteiger partial charge in [-0.1, -0.05) is 0 Å². The summed E-state index contributed by atoms with van der Waals surface area (Å²) in [6.07, 6.45) is 10.1. The molecular formula is C18H25N5. The molecule has 1 N–H and O–H groups in total. The average molecular weight is 311 g/mol. The van der Waals surface area contributed by atoms with Crippen LogP contribution in [0, 0.1) is 0 Å². The molecule has 5 heteroatoms. The molecule has 2 aliphatic heterocycles. The first-order valence-corrected chi connectivity index (χ1v) is 9.31. The zero-order valence-electron chi connectivity index (χ0n) is 13.8. The zero-order valence-corrected chi connectivity index (χ0v) is 13.8. The van der Waals surface area contributed by atoms with E-state index in [0.717, 1.165) is 37.8 Å². The van der Waals surface area contributed by atoms with Crippen LogP contribution in [0.2, 0.25) is 0 Å². The van der Waals surface area contributed by atoms with Crippen LogP contribution in [-0.4, -0.2) is 41.1 Å². The predicted octanol–water partition coefficient (Wildman–Crippen LogP) is 3.04. The van der Waals surface area contributed by atoms with E-state index in [1.807, 2.05) is 0 Å². The van der Waals surface area contributed by atoms with Crippen LogP contribution in [0.4, 0.5) is 11.8 Å². The molecule has 0 amide bonds. The van der Waals surface area contributed by atoms with Gasteiger partial charge in [0.1, 0.15) is 11.5 Å². The van der Waals surface area contributed by atoms with Crippen molar-refractivity contribution in [3.05, 3.63) is 11.3 Å². The van der Waals surface area contributed by atoms with E-state index < -0.39 is 0 Å². The molecule has 5 rings (SSSR count). The number of aromatic nitrogens is 3. The third-order valence-corrected chi connectivity index (χ3v) is 5.71. The van der Waals surface area contributed by atoms with Crippen molar-refractivity contribution in [2.24, 2.45) is 0 Å². The monoisotopic (exact) mass is 311 g/mol. The minimum Gasteiger partial charge on any atom is -0.356 e. The van der Waals surface area contributed by atoms with Gasteiger partial charge in [0.15, 0.2) is 0 Å². The minimum atomic E-state index is 0.940. The maximum atomic E-state index is 5.07. The fourth-order valence-corrected chi connectivity index (χ4v) is 4.48. The Hall–Kier alpha value is -1.78. The van der Waals surface area contributed by atoms with E-state index in [-0.39, 0.29) is 0 Å². The maximum Gasteiger partial charge on any atom is 0.229 e. The molecule has 122 valence electrons. The molecule has 0 saturated carbocycles. The number of aromatic amines is 1. The van der Waals surface area contributed by atoms with Crippen molar-refractivity contribution in [2.75, 3.05) is 36.0 Å². The Bertz CT molecular complexity index is 723. The molecule has 3 aliphatic rings. The summed E-state index contributed by atoms with van der Waals surface area (Å²) in [5, 5.41) is 1.32. The quantitative estimate of drug-likeness (QED) is 0.926. The molecule has 0 spiro atoms. The highest BCUT2D eigenvalue weighted by molar-refractivity contribution is 5.93. The lowest BCUT2D eigenvalue weighted by atomic mass is 9.96. The number of anilines is 2. The highest BCUT2D eigenvalue weighted by atomic mass is 15.3. The normalized spacial score (nSPS) is 21.4. The van der Waals surface area contributed by atoms with Crippen molar-refractivity contribution in [2.45, 2.75) is 51.4 Å². The van der Waals surface area contributed by atoms with Gasteiger partial charge in [-0.2, -0.15) is 9.97 Å². The van der Waals surface area contributed by atoms with Gasteiger partial charge in [0.25, 0.3) is 0 Å². The standard InChI is InChI=1S/C18H25N5/c1-2-8-14-13(7-1)15-16(19-14)20-18(23-11-5-6-12-23)21-17(15)22-9-3-4-10-22/h1-12H2,(H,19,20,21). The third-order valence-electron chi connectivity index (χ3n) is 5.71. The molecule has 4 heterocycles. The van der Waals surface area contributed by atoms with Gasteiger partial charge in [-0.15, -0.1) is 0 Å². The second kappa shape index (κ2) is 5.39. The second-order valence-corrected chi connectivity index (χ2v) is 7.25. The van der Waals surface area contributed by atoms with Crippen LogP contribution in [0.3, 0.4) is 0 Å². The van der Waals surface area contributed by atoms with Crippen molar-refractivity contribution in [1.29, 1.82) is 0 Å². The molecular weight excluding hydrogens is 286 g/mol. The van der Waals surface area contributed by atoms with Crippen LogP contribution in [-0.2, 0) is 12.8 Å². The van der Waals surface area contributed by atoms with Crippen LogP contribution < -0.4 is 9.80 Å². The minimum absolute atomic E-state index is 0.940. The molecule has 5 nitrogen and oxygen atoms in total. The summed E-state index contributed by atoms with van der Waals surface area (Å²) in [6.45, 7) is 4.49. The molecule has 2 saturated heterocycles.